The van der Waals surface area contributed by atoms with Crippen molar-refractivity contribution in [2.24, 2.45) is 5.92 Å². The van der Waals surface area contributed by atoms with Gasteiger partial charge < -0.3 is 4.74 Å². The maximum Gasteiger partial charge on any atom is 0.257 e. The summed E-state index contributed by atoms with van der Waals surface area (Å²) in [6.45, 7) is 5.20. The summed E-state index contributed by atoms with van der Waals surface area (Å²) in [7, 11) is -1.93. The Morgan fingerprint density at radius 2 is 1.85 bits per heavy atom. The lowest BCUT2D eigenvalue weighted by molar-refractivity contribution is 0.102. The van der Waals surface area contributed by atoms with Gasteiger partial charge in [0, 0.05) is 29.6 Å². The molecule has 1 saturated heterocycles. The highest BCUT2D eigenvalue weighted by molar-refractivity contribution is 7.89. The molecule has 3 aromatic rings. The summed E-state index contributed by atoms with van der Waals surface area (Å²) in [6, 6.07) is 11.9. The van der Waals surface area contributed by atoms with Crippen molar-refractivity contribution < 1.29 is 17.9 Å². The van der Waals surface area contributed by atoms with Crippen LogP contribution < -0.4 is 10.1 Å². The molecule has 1 aliphatic rings. The Morgan fingerprint density at radius 3 is 2.52 bits per heavy atom. The smallest absolute Gasteiger partial charge is 0.257 e. The second kappa shape index (κ2) is 9.62. The third-order valence-electron chi connectivity index (χ3n) is 5.85. The molecule has 0 unspecified atom stereocenters. The van der Waals surface area contributed by atoms with Gasteiger partial charge in [-0.1, -0.05) is 18.6 Å². The van der Waals surface area contributed by atoms with E-state index in [0.29, 0.717) is 41.1 Å². The summed E-state index contributed by atoms with van der Waals surface area (Å²) >= 11 is 1.32. The molecule has 2 aromatic carbocycles. The van der Waals surface area contributed by atoms with E-state index in [2.05, 4.69) is 17.2 Å². The van der Waals surface area contributed by atoms with Crippen molar-refractivity contribution in [2.45, 2.75) is 31.6 Å². The fourth-order valence-electron chi connectivity index (χ4n) is 3.80. The van der Waals surface area contributed by atoms with Gasteiger partial charge in [-0.3, -0.25) is 10.1 Å². The average Bonchev–Trinajstić information content (AvgIpc) is 3.27. The maximum atomic E-state index is 12.9. The molecule has 0 saturated carbocycles. The van der Waals surface area contributed by atoms with Crippen molar-refractivity contribution in [2.75, 3.05) is 25.5 Å². The van der Waals surface area contributed by atoms with Crippen molar-refractivity contribution in [3.63, 3.8) is 0 Å². The molecule has 33 heavy (non-hydrogen) atoms. The van der Waals surface area contributed by atoms with E-state index in [1.165, 1.54) is 39.9 Å². The predicted octanol–water partition coefficient (Wildman–Crippen LogP) is 4.80. The van der Waals surface area contributed by atoms with E-state index in [4.69, 9.17) is 4.74 Å². The average molecular weight is 486 g/mol. The molecular formula is C24H27N3O4S2. The van der Waals surface area contributed by atoms with E-state index < -0.39 is 10.0 Å². The number of aromatic nitrogens is 1. The number of amides is 1. The zero-order valence-corrected chi connectivity index (χ0v) is 20.5. The van der Waals surface area contributed by atoms with Crippen LogP contribution in [-0.2, 0) is 10.0 Å². The second-order valence-corrected chi connectivity index (χ2v) is 11.1. The largest absolute Gasteiger partial charge is 0.496 e. The first-order chi connectivity index (χ1) is 15.8. The molecular weight excluding hydrogens is 458 g/mol. The number of methoxy groups -OCH3 is 1. The Morgan fingerprint density at radius 1 is 1.15 bits per heavy atom. The van der Waals surface area contributed by atoms with E-state index in [-0.39, 0.29) is 10.8 Å². The van der Waals surface area contributed by atoms with Gasteiger partial charge in [-0.2, -0.15) is 4.31 Å². The second-order valence-electron chi connectivity index (χ2n) is 8.31. The van der Waals surface area contributed by atoms with Crippen LogP contribution in [0.25, 0.3) is 11.3 Å². The molecule has 0 spiro atoms. The van der Waals surface area contributed by atoms with Gasteiger partial charge in [0.25, 0.3) is 5.91 Å². The van der Waals surface area contributed by atoms with E-state index in [1.807, 2.05) is 30.5 Å². The number of piperidine rings is 1. The fraction of sp³-hybridized carbons (Fsp3) is 0.333. The lowest BCUT2D eigenvalue weighted by atomic mass is 10.0. The van der Waals surface area contributed by atoms with Crippen LogP contribution in [0.1, 0.15) is 35.7 Å². The summed E-state index contributed by atoms with van der Waals surface area (Å²) in [4.78, 5) is 17.4. The van der Waals surface area contributed by atoms with Crippen molar-refractivity contribution in [1.29, 1.82) is 0 Å². The van der Waals surface area contributed by atoms with Gasteiger partial charge in [-0.25, -0.2) is 13.4 Å². The maximum absolute atomic E-state index is 12.9. The molecule has 0 aliphatic carbocycles. The summed E-state index contributed by atoms with van der Waals surface area (Å²) in [5, 5.41) is 5.11. The van der Waals surface area contributed by atoms with E-state index in [0.717, 1.165) is 24.0 Å². The van der Waals surface area contributed by atoms with Crippen LogP contribution in [0.3, 0.4) is 0 Å². The monoisotopic (exact) mass is 485 g/mol. The van der Waals surface area contributed by atoms with Crippen LogP contribution in [0.5, 0.6) is 5.75 Å². The van der Waals surface area contributed by atoms with Gasteiger partial charge >= 0.3 is 0 Å². The summed E-state index contributed by atoms with van der Waals surface area (Å²) in [6.07, 6.45) is 1.73. The van der Waals surface area contributed by atoms with Crippen LogP contribution in [0, 0.1) is 12.8 Å². The molecule has 1 fully saturated rings. The first-order valence-electron chi connectivity index (χ1n) is 10.8. The Labute approximate surface area is 198 Å². The lowest BCUT2D eigenvalue weighted by Crippen LogP contribution is -2.37. The highest BCUT2D eigenvalue weighted by Crippen LogP contribution is 2.33. The molecule has 0 bridgehead atoms. The molecule has 2 heterocycles. The number of thiazole rings is 1. The first kappa shape index (κ1) is 23.4. The zero-order valence-electron chi connectivity index (χ0n) is 18.9. The topological polar surface area (TPSA) is 88.6 Å². The molecule has 9 heteroatoms. The molecule has 1 N–H and O–H groups in total. The molecule has 7 nitrogen and oxygen atoms in total. The number of sulfonamides is 1. The molecule has 174 valence electrons. The van der Waals surface area contributed by atoms with Gasteiger partial charge in [-0.15, -0.1) is 11.3 Å². The molecule has 0 atom stereocenters. The van der Waals surface area contributed by atoms with E-state index >= 15 is 0 Å². The Kier molecular flexibility index (Phi) is 6.83. The summed E-state index contributed by atoms with van der Waals surface area (Å²) in [5.41, 5.74) is 3.02. The predicted molar refractivity (Wildman–Crippen MR) is 130 cm³/mol. The Hall–Kier alpha value is -2.75. The molecule has 4 rings (SSSR count). The molecule has 1 aliphatic heterocycles. The summed E-state index contributed by atoms with van der Waals surface area (Å²) < 4.78 is 32.7. The number of hydrogen-bond acceptors (Lipinski definition) is 6. The number of anilines is 1. The third kappa shape index (κ3) is 5.10. The van der Waals surface area contributed by atoms with Gasteiger partial charge in [0.15, 0.2) is 5.13 Å². The minimum Gasteiger partial charge on any atom is -0.496 e. The van der Waals surface area contributed by atoms with Crippen LogP contribution in [0.4, 0.5) is 5.13 Å². The molecule has 0 radical (unpaired) electrons. The summed E-state index contributed by atoms with van der Waals surface area (Å²) in [5.74, 6) is 0.910. The molecule has 1 aromatic heterocycles. The number of rotatable bonds is 6. The minimum atomic E-state index is -3.54. The first-order valence-corrected chi connectivity index (χ1v) is 13.1. The van der Waals surface area contributed by atoms with Gasteiger partial charge in [0.05, 0.1) is 17.7 Å². The highest BCUT2D eigenvalue weighted by atomic mass is 32.2. The normalized spacial score (nSPS) is 15.4. The van der Waals surface area contributed by atoms with Crippen molar-refractivity contribution >= 4 is 32.4 Å². The van der Waals surface area contributed by atoms with Gasteiger partial charge in [0.2, 0.25) is 10.0 Å². The fourth-order valence-corrected chi connectivity index (χ4v) is 5.97. The van der Waals surface area contributed by atoms with E-state index in [1.54, 1.807) is 7.11 Å². The standard InChI is InChI=1S/C24H27N3O4S2/c1-16-10-12-27(13-11-16)33(29,30)19-7-5-18(6-8-19)23(28)26-24-25-21(15-32-24)20-14-17(2)4-9-22(20)31-3/h4-9,14-16H,10-13H2,1-3H3,(H,25,26,28). The van der Waals surface area contributed by atoms with Crippen LogP contribution in [0.2, 0.25) is 0 Å². The van der Waals surface area contributed by atoms with Crippen molar-refractivity contribution in [3.8, 4) is 17.0 Å². The number of nitrogens with one attached hydrogen (secondary N) is 1. The number of hydrogen-bond donors (Lipinski definition) is 1. The SMILES string of the molecule is COc1ccc(C)cc1-c1csc(NC(=O)c2ccc(S(=O)(=O)N3CCC(C)CC3)cc2)n1. The van der Waals surface area contributed by atoms with Crippen LogP contribution >= 0.6 is 11.3 Å². The van der Waals surface area contributed by atoms with Crippen LogP contribution in [-0.4, -0.2) is 43.8 Å². The van der Waals surface area contributed by atoms with Crippen molar-refractivity contribution in [1.82, 2.24) is 9.29 Å². The quantitative estimate of drug-likeness (QED) is 0.542. The number of benzene rings is 2. The Balaban J connectivity index is 1.46. The number of carbonyl (C=O) groups is 1. The van der Waals surface area contributed by atoms with Crippen LogP contribution in [0.15, 0.2) is 52.7 Å². The number of ether oxygens (including phenoxy) is 1. The number of carbonyl (C=O) groups excluding carboxylic acids is 1. The zero-order chi connectivity index (χ0) is 23.6. The molecule has 1 amide bonds. The van der Waals surface area contributed by atoms with Gasteiger partial charge in [0.1, 0.15) is 5.75 Å². The number of nitrogens with zero attached hydrogens (tertiary/aromatic N) is 2. The van der Waals surface area contributed by atoms with Gasteiger partial charge in [-0.05, 0) is 62.1 Å². The van der Waals surface area contributed by atoms with Crippen molar-refractivity contribution in [3.05, 3.63) is 59.0 Å². The minimum absolute atomic E-state index is 0.205. The lowest BCUT2D eigenvalue weighted by Gasteiger charge is -2.29. The highest BCUT2D eigenvalue weighted by Gasteiger charge is 2.28. The van der Waals surface area contributed by atoms with E-state index in [9.17, 15) is 13.2 Å². The third-order valence-corrected chi connectivity index (χ3v) is 8.52. The number of aryl methyl sites for hydroxylation is 1. The Bertz CT molecular complexity index is 1240.